The lowest BCUT2D eigenvalue weighted by Gasteiger charge is -2.05. The van der Waals surface area contributed by atoms with Crippen molar-refractivity contribution >= 4 is 28.4 Å². The van der Waals surface area contributed by atoms with E-state index in [0.717, 1.165) is 23.0 Å². The fourth-order valence-corrected chi connectivity index (χ4v) is 1.97. The van der Waals surface area contributed by atoms with Crippen LogP contribution in [-0.4, -0.2) is 17.4 Å². The van der Waals surface area contributed by atoms with E-state index in [2.05, 4.69) is 10.3 Å². The van der Waals surface area contributed by atoms with Crippen LogP contribution in [0.2, 0.25) is 5.02 Å². The summed E-state index contributed by atoms with van der Waals surface area (Å²) in [4.78, 5) is 16.0. The number of hydrogen-bond acceptors (Lipinski definition) is 2. The Kier molecular flexibility index (Phi) is 4.15. The first kappa shape index (κ1) is 12.8. The molecule has 94 valence electrons. The number of hydrogen-bond donors (Lipinski definition) is 1. The fourth-order valence-electron chi connectivity index (χ4n) is 1.74. The van der Waals surface area contributed by atoms with E-state index in [1.807, 2.05) is 31.2 Å². The Hall–Kier alpha value is -1.61. The Labute approximate surface area is 111 Å². The predicted octanol–water partition coefficient (Wildman–Crippen LogP) is 2.96. The molecular weight excluding hydrogens is 248 g/mol. The maximum absolute atomic E-state index is 11.6. The minimum Gasteiger partial charge on any atom is -0.356 e. The topological polar surface area (TPSA) is 42.0 Å². The number of fused-ring (bicyclic) bond motifs is 1. The molecule has 1 aromatic heterocycles. The van der Waals surface area contributed by atoms with Crippen LogP contribution in [0.4, 0.5) is 0 Å². The summed E-state index contributed by atoms with van der Waals surface area (Å²) in [7, 11) is 0. The van der Waals surface area contributed by atoms with E-state index in [4.69, 9.17) is 11.6 Å². The highest BCUT2D eigenvalue weighted by molar-refractivity contribution is 6.35. The van der Waals surface area contributed by atoms with Crippen molar-refractivity contribution in [3.8, 4) is 0 Å². The van der Waals surface area contributed by atoms with Gasteiger partial charge in [0.15, 0.2) is 0 Å². The van der Waals surface area contributed by atoms with E-state index < -0.39 is 0 Å². The molecule has 2 rings (SSSR count). The molecular formula is C14H15ClN2O. The summed E-state index contributed by atoms with van der Waals surface area (Å²) >= 11 is 6.09. The van der Waals surface area contributed by atoms with Crippen LogP contribution >= 0.6 is 11.6 Å². The maximum Gasteiger partial charge on any atom is 0.226 e. The average Bonchev–Trinajstić information content (AvgIpc) is 2.37. The number of carbonyl (C=O) groups is 1. The Morgan fingerprint density at radius 2 is 2.17 bits per heavy atom. The van der Waals surface area contributed by atoms with Crippen molar-refractivity contribution in [1.29, 1.82) is 0 Å². The van der Waals surface area contributed by atoms with Gasteiger partial charge in [-0.15, -0.1) is 0 Å². The molecule has 1 aromatic carbocycles. The number of rotatable bonds is 4. The second-order valence-electron chi connectivity index (χ2n) is 4.14. The van der Waals surface area contributed by atoms with E-state index in [9.17, 15) is 4.79 Å². The van der Waals surface area contributed by atoms with Gasteiger partial charge in [0.25, 0.3) is 0 Å². The molecule has 18 heavy (non-hydrogen) atoms. The Balaban J connectivity index is 2.19. The first-order valence-corrected chi connectivity index (χ1v) is 6.39. The molecule has 0 saturated carbocycles. The molecule has 0 spiro atoms. The van der Waals surface area contributed by atoms with Gasteiger partial charge < -0.3 is 5.32 Å². The Bertz CT molecular complexity index is 569. The zero-order valence-electron chi connectivity index (χ0n) is 10.2. The molecule has 1 heterocycles. The van der Waals surface area contributed by atoms with Gasteiger partial charge in [-0.25, -0.2) is 0 Å². The molecule has 0 unspecified atom stereocenters. The number of nitrogens with one attached hydrogen (secondary N) is 1. The lowest BCUT2D eigenvalue weighted by Crippen LogP contribution is -2.25. The molecule has 0 aliphatic carbocycles. The SMILES string of the molecule is CCCNC(=O)Cc1ccc2cccc(Cl)c2n1. The number of carbonyl (C=O) groups excluding carboxylic acids is 1. The summed E-state index contributed by atoms with van der Waals surface area (Å²) in [5, 5.41) is 4.43. The lowest BCUT2D eigenvalue weighted by atomic mass is 10.2. The Morgan fingerprint density at radius 3 is 2.94 bits per heavy atom. The molecule has 0 aliphatic rings. The van der Waals surface area contributed by atoms with Gasteiger partial charge in [-0.1, -0.05) is 36.7 Å². The molecule has 0 radical (unpaired) electrons. The summed E-state index contributed by atoms with van der Waals surface area (Å²) in [6, 6.07) is 9.45. The monoisotopic (exact) mass is 262 g/mol. The Morgan fingerprint density at radius 1 is 1.33 bits per heavy atom. The third kappa shape index (κ3) is 2.99. The van der Waals surface area contributed by atoms with Crippen LogP contribution in [0.3, 0.4) is 0 Å². The van der Waals surface area contributed by atoms with E-state index in [1.165, 1.54) is 0 Å². The number of aromatic nitrogens is 1. The quantitative estimate of drug-likeness (QED) is 0.920. The molecule has 0 aliphatic heterocycles. The van der Waals surface area contributed by atoms with E-state index in [-0.39, 0.29) is 5.91 Å². The number of para-hydroxylation sites is 1. The van der Waals surface area contributed by atoms with Gasteiger partial charge in [0, 0.05) is 11.9 Å². The van der Waals surface area contributed by atoms with Crippen LogP contribution in [-0.2, 0) is 11.2 Å². The minimum absolute atomic E-state index is 0.00393. The molecule has 0 bridgehead atoms. The van der Waals surface area contributed by atoms with E-state index in [1.54, 1.807) is 6.07 Å². The highest BCUT2D eigenvalue weighted by Gasteiger charge is 2.06. The fraction of sp³-hybridized carbons (Fsp3) is 0.286. The first-order valence-electron chi connectivity index (χ1n) is 6.01. The molecule has 1 amide bonds. The molecule has 1 N–H and O–H groups in total. The van der Waals surface area contributed by atoms with Crippen molar-refractivity contribution in [3.05, 3.63) is 41.0 Å². The van der Waals surface area contributed by atoms with Gasteiger partial charge in [-0.05, 0) is 18.6 Å². The first-order chi connectivity index (χ1) is 8.70. The summed E-state index contributed by atoms with van der Waals surface area (Å²) in [5.74, 6) is -0.00393. The predicted molar refractivity (Wildman–Crippen MR) is 73.8 cm³/mol. The summed E-state index contributed by atoms with van der Waals surface area (Å²) in [6.07, 6.45) is 1.23. The van der Waals surface area contributed by atoms with Crippen LogP contribution in [0.5, 0.6) is 0 Å². The summed E-state index contributed by atoms with van der Waals surface area (Å²) < 4.78 is 0. The van der Waals surface area contributed by atoms with E-state index in [0.29, 0.717) is 18.0 Å². The second kappa shape index (κ2) is 5.83. The summed E-state index contributed by atoms with van der Waals surface area (Å²) in [5.41, 5.74) is 1.49. The number of halogens is 1. The van der Waals surface area contributed by atoms with Crippen LogP contribution in [0.1, 0.15) is 19.0 Å². The van der Waals surface area contributed by atoms with E-state index >= 15 is 0 Å². The van der Waals surface area contributed by atoms with Gasteiger partial charge in [-0.3, -0.25) is 9.78 Å². The van der Waals surface area contributed by atoms with Gasteiger partial charge in [0.2, 0.25) is 5.91 Å². The number of pyridine rings is 1. The third-order valence-corrected chi connectivity index (χ3v) is 2.95. The lowest BCUT2D eigenvalue weighted by molar-refractivity contribution is -0.120. The highest BCUT2D eigenvalue weighted by Crippen LogP contribution is 2.21. The number of amides is 1. The van der Waals surface area contributed by atoms with Gasteiger partial charge >= 0.3 is 0 Å². The van der Waals surface area contributed by atoms with Crippen molar-refractivity contribution in [2.45, 2.75) is 19.8 Å². The van der Waals surface area contributed by atoms with Gasteiger partial charge in [0.05, 0.1) is 22.7 Å². The molecule has 2 aromatic rings. The standard InChI is InChI=1S/C14H15ClN2O/c1-2-8-16-13(18)9-11-7-6-10-4-3-5-12(15)14(10)17-11/h3-7H,2,8-9H2,1H3,(H,16,18). The smallest absolute Gasteiger partial charge is 0.226 e. The largest absolute Gasteiger partial charge is 0.356 e. The molecule has 4 heteroatoms. The molecule has 0 saturated heterocycles. The number of nitrogens with zero attached hydrogens (tertiary/aromatic N) is 1. The van der Waals surface area contributed by atoms with Crippen molar-refractivity contribution in [2.24, 2.45) is 0 Å². The average molecular weight is 263 g/mol. The zero-order chi connectivity index (χ0) is 13.0. The van der Waals surface area contributed by atoms with Crippen molar-refractivity contribution in [2.75, 3.05) is 6.54 Å². The second-order valence-corrected chi connectivity index (χ2v) is 4.55. The van der Waals surface area contributed by atoms with Crippen molar-refractivity contribution in [3.63, 3.8) is 0 Å². The van der Waals surface area contributed by atoms with Crippen LogP contribution in [0.15, 0.2) is 30.3 Å². The van der Waals surface area contributed by atoms with Crippen LogP contribution in [0, 0.1) is 0 Å². The van der Waals surface area contributed by atoms with Crippen LogP contribution in [0.25, 0.3) is 10.9 Å². The normalized spacial score (nSPS) is 10.6. The van der Waals surface area contributed by atoms with Gasteiger partial charge in [0.1, 0.15) is 0 Å². The van der Waals surface area contributed by atoms with Crippen LogP contribution < -0.4 is 5.32 Å². The molecule has 0 atom stereocenters. The van der Waals surface area contributed by atoms with Gasteiger partial charge in [-0.2, -0.15) is 0 Å². The minimum atomic E-state index is -0.00393. The third-order valence-electron chi connectivity index (χ3n) is 2.64. The van der Waals surface area contributed by atoms with Crippen molar-refractivity contribution in [1.82, 2.24) is 10.3 Å². The molecule has 3 nitrogen and oxygen atoms in total. The molecule has 0 fully saturated rings. The maximum atomic E-state index is 11.6. The highest BCUT2D eigenvalue weighted by atomic mass is 35.5. The zero-order valence-corrected chi connectivity index (χ0v) is 11.0. The number of benzene rings is 1. The van der Waals surface area contributed by atoms with Crippen molar-refractivity contribution < 1.29 is 4.79 Å². The summed E-state index contributed by atoms with van der Waals surface area (Å²) in [6.45, 7) is 2.72.